The summed E-state index contributed by atoms with van der Waals surface area (Å²) in [5.74, 6) is -0.0436. The van der Waals surface area contributed by atoms with Crippen molar-refractivity contribution in [3.63, 3.8) is 0 Å². The molecule has 1 aliphatic rings. The number of urea groups is 1. The van der Waals surface area contributed by atoms with Crippen LogP contribution in [0.3, 0.4) is 0 Å². The summed E-state index contributed by atoms with van der Waals surface area (Å²) in [5, 5.41) is 3.11. The lowest BCUT2D eigenvalue weighted by Gasteiger charge is -2.09. The SMILES string of the molecule is O=C(NNC(=O)[C@H]1C[C@@H]1c1ccccc1)Nc1cccc(Cl)c1. The summed E-state index contributed by atoms with van der Waals surface area (Å²) < 4.78 is 0. The molecule has 3 N–H and O–H groups in total. The zero-order chi connectivity index (χ0) is 16.2. The van der Waals surface area contributed by atoms with Gasteiger partial charge in [0.2, 0.25) is 5.91 Å². The van der Waals surface area contributed by atoms with Gasteiger partial charge in [0.05, 0.1) is 0 Å². The van der Waals surface area contributed by atoms with Gasteiger partial charge < -0.3 is 5.32 Å². The zero-order valence-corrected chi connectivity index (χ0v) is 13.0. The second kappa shape index (κ2) is 6.71. The number of halogens is 1. The molecule has 3 amide bonds. The van der Waals surface area contributed by atoms with Crippen molar-refractivity contribution in [2.75, 3.05) is 5.32 Å². The van der Waals surface area contributed by atoms with Crippen molar-refractivity contribution in [2.45, 2.75) is 12.3 Å². The van der Waals surface area contributed by atoms with Crippen LogP contribution in [0.4, 0.5) is 10.5 Å². The Balaban J connectivity index is 1.46. The van der Waals surface area contributed by atoms with Crippen LogP contribution in [0.5, 0.6) is 0 Å². The highest BCUT2D eigenvalue weighted by atomic mass is 35.5. The maximum absolute atomic E-state index is 12.0. The Hall–Kier alpha value is -2.53. The second-order valence-corrected chi connectivity index (χ2v) is 5.87. The fourth-order valence-electron chi connectivity index (χ4n) is 2.49. The molecule has 2 aromatic rings. The number of anilines is 1. The highest BCUT2D eigenvalue weighted by Crippen LogP contribution is 2.47. The number of carbonyl (C=O) groups is 2. The summed E-state index contributed by atoms with van der Waals surface area (Å²) in [4.78, 5) is 23.8. The molecule has 0 bridgehead atoms. The van der Waals surface area contributed by atoms with E-state index in [4.69, 9.17) is 11.6 Å². The average Bonchev–Trinajstić information content (AvgIpc) is 3.34. The Morgan fingerprint density at radius 2 is 1.78 bits per heavy atom. The fraction of sp³-hybridized carbons (Fsp3) is 0.176. The van der Waals surface area contributed by atoms with Crippen LogP contribution in [-0.2, 0) is 4.79 Å². The number of nitrogens with one attached hydrogen (secondary N) is 3. The monoisotopic (exact) mass is 329 g/mol. The van der Waals surface area contributed by atoms with Crippen LogP contribution < -0.4 is 16.2 Å². The van der Waals surface area contributed by atoms with E-state index in [2.05, 4.69) is 16.2 Å². The number of carbonyl (C=O) groups excluding carboxylic acids is 2. The van der Waals surface area contributed by atoms with Gasteiger partial charge in [-0.3, -0.25) is 10.2 Å². The molecule has 0 aromatic heterocycles. The van der Waals surface area contributed by atoms with Crippen molar-refractivity contribution >= 4 is 29.2 Å². The fourth-order valence-corrected chi connectivity index (χ4v) is 2.68. The van der Waals surface area contributed by atoms with Crippen LogP contribution in [-0.4, -0.2) is 11.9 Å². The van der Waals surface area contributed by atoms with Gasteiger partial charge in [0.25, 0.3) is 0 Å². The van der Waals surface area contributed by atoms with Crippen molar-refractivity contribution < 1.29 is 9.59 Å². The molecular formula is C17H16ClN3O2. The molecule has 0 heterocycles. The van der Waals surface area contributed by atoms with Gasteiger partial charge in [-0.15, -0.1) is 0 Å². The maximum atomic E-state index is 12.0. The minimum absolute atomic E-state index is 0.0936. The van der Waals surface area contributed by atoms with Crippen LogP contribution >= 0.6 is 11.6 Å². The van der Waals surface area contributed by atoms with Gasteiger partial charge in [0.1, 0.15) is 0 Å². The third kappa shape index (κ3) is 4.02. The number of rotatable bonds is 3. The van der Waals surface area contributed by atoms with Gasteiger partial charge >= 0.3 is 6.03 Å². The zero-order valence-electron chi connectivity index (χ0n) is 12.3. The first kappa shape index (κ1) is 15.4. The lowest BCUT2D eigenvalue weighted by molar-refractivity contribution is -0.123. The van der Waals surface area contributed by atoms with Gasteiger partial charge in [-0.05, 0) is 36.1 Å². The quantitative estimate of drug-likeness (QED) is 0.756. The minimum Gasteiger partial charge on any atom is -0.307 e. The molecule has 6 heteroatoms. The van der Waals surface area contributed by atoms with Crippen LogP contribution in [0.15, 0.2) is 54.6 Å². The molecule has 0 spiro atoms. The summed E-state index contributed by atoms with van der Waals surface area (Å²) in [7, 11) is 0. The normalized spacial score (nSPS) is 18.8. The second-order valence-electron chi connectivity index (χ2n) is 5.44. The van der Waals surface area contributed by atoms with Crippen molar-refractivity contribution in [1.82, 2.24) is 10.9 Å². The highest BCUT2D eigenvalue weighted by molar-refractivity contribution is 6.30. The van der Waals surface area contributed by atoms with Crippen molar-refractivity contribution in [3.05, 3.63) is 65.2 Å². The lowest BCUT2D eigenvalue weighted by atomic mass is 10.1. The maximum Gasteiger partial charge on any atom is 0.337 e. The molecule has 2 aromatic carbocycles. The van der Waals surface area contributed by atoms with E-state index < -0.39 is 6.03 Å². The predicted octanol–water partition coefficient (Wildman–Crippen LogP) is 3.30. The van der Waals surface area contributed by atoms with Gasteiger partial charge in [-0.1, -0.05) is 48.0 Å². The van der Waals surface area contributed by atoms with Crippen LogP contribution in [0.2, 0.25) is 5.02 Å². The van der Waals surface area contributed by atoms with Crippen LogP contribution in [0.25, 0.3) is 0 Å². The van der Waals surface area contributed by atoms with Crippen molar-refractivity contribution in [3.8, 4) is 0 Å². The van der Waals surface area contributed by atoms with E-state index in [1.807, 2.05) is 30.3 Å². The predicted molar refractivity (Wildman–Crippen MR) is 89.0 cm³/mol. The summed E-state index contributed by atoms with van der Waals surface area (Å²) in [5.41, 5.74) is 6.50. The first-order chi connectivity index (χ1) is 11.1. The molecule has 0 aliphatic heterocycles. The Bertz CT molecular complexity index is 721. The smallest absolute Gasteiger partial charge is 0.307 e. The van der Waals surface area contributed by atoms with Crippen molar-refractivity contribution in [2.24, 2.45) is 5.92 Å². The highest BCUT2D eigenvalue weighted by Gasteiger charge is 2.43. The van der Waals surface area contributed by atoms with Crippen LogP contribution in [0, 0.1) is 5.92 Å². The van der Waals surface area contributed by atoms with E-state index >= 15 is 0 Å². The number of hydrazine groups is 1. The molecule has 1 saturated carbocycles. The Morgan fingerprint density at radius 1 is 1.00 bits per heavy atom. The molecule has 0 radical (unpaired) electrons. The Morgan fingerprint density at radius 3 is 2.52 bits per heavy atom. The van der Waals surface area contributed by atoms with E-state index in [9.17, 15) is 9.59 Å². The third-order valence-electron chi connectivity index (χ3n) is 3.74. The van der Waals surface area contributed by atoms with Gasteiger partial charge in [0, 0.05) is 16.6 Å². The topological polar surface area (TPSA) is 70.2 Å². The first-order valence-electron chi connectivity index (χ1n) is 7.31. The standard InChI is InChI=1S/C17H16ClN3O2/c18-12-7-4-8-13(9-12)19-17(23)21-20-16(22)15-10-14(15)11-5-2-1-3-6-11/h1-9,14-15H,10H2,(H,20,22)(H2,19,21,23)/t14-,15+/m1/s1. The van der Waals surface area contributed by atoms with Crippen molar-refractivity contribution in [1.29, 1.82) is 0 Å². The van der Waals surface area contributed by atoms with Gasteiger partial charge in [-0.25, -0.2) is 10.2 Å². The minimum atomic E-state index is -0.516. The lowest BCUT2D eigenvalue weighted by Crippen LogP contribution is -2.44. The van der Waals surface area contributed by atoms with Gasteiger partial charge in [-0.2, -0.15) is 0 Å². The van der Waals surface area contributed by atoms with Crippen LogP contribution in [0.1, 0.15) is 17.9 Å². The van der Waals surface area contributed by atoms with E-state index in [0.29, 0.717) is 10.7 Å². The summed E-state index contributed by atoms with van der Waals surface area (Å²) in [6.07, 6.45) is 0.799. The largest absolute Gasteiger partial charge is 0.337 e. The number of amides is 3. The molecule has 118 valence electrons. The third-order valence-corrected chi connectivity index (χ3v) is 3.97. The molecule has 2 atom stereocenters. The average molecular weight is 330 g/mol. The molecule has 1 fully saturated rings. The van der Waals surface area contributed by atoms with Gasteiger partial charge in [0.15, 0.2) is 0 Å². The molecule has 3 rings (SSSR count). The van der Waals surface area contributed by atoms with E-state index in [1.54, 1.807) is 24.3 Å². The molecule has 5 nitrogen and oxygen atoms in total. The molecule has 23 heavy (non-hydrogen) atoms. The number of benzene rings is 2. The molecule has 1 aliphatic carbocycles. The van der Waals surface area contributed by atoms with E-state index in [-0.39, 0.29) is 17.7 Å². The Labute approximate surface area is 139 Å². The number of hydrogen-bond donors (Lipinski definition) is 3. The molecule has 0 unspecified atom stereocenters. The number of hydrogen-bond acceptors (Lipinski definition) is 2. The van der Waals surface area contributed by atoms with E-state index in [0.717, 1.165) is 12.0 Å². The van der Waals surface area contributed by atoms with E-state index in [1.165, 1.54) is 0 Å². The molecular weight excluding hydrogens is 314 g/mol. The summed E-state index contributed by atoms with van der Waals surface area (Å²) in [6, 6.07) is 16.1. The molecule has 0 saturated heterocycles. The Kier molecular flexibility index (Phi) is 4.48. The summed E-state index contributed by atoms with van der Waals surface area (Å²) >= 11 is 5.84. The summed E-state index contributed by atoms with van der Waals surface area (Å²) in [6.45, 7) is 0. The first-order valence-corrected chi connectivity index (χ1v) is 7.68.